The molecule has 0 fully saturated rings. The maximum Gasteiger partial charge on any atom is 0.269 e. The number of non-ortho nitro benzene ring substituents is 1. The van der Waals surface area contributed by atoms with Gasteiger partial charge in [-0.2, -0.15) is 0 Å². The summed E-state index contributed by atoms with van der Waals surface area (Å²) >= 11 is 0. The molecule has 4 nitrogen and oxygen atoms in total. The number of nitrogens with zero attached hydrogens (tertiary/aromatic N) is 2. The molecule has 0 spiro atoms. The molecule has 1 aromatic carbocycles. The normalized spacial score (nSPS) is 10.5. The Morgan fingerprint density at radius 1 is 1.47 bits per heavy atom. The van der Waals surface area contributed by atoms with Crippen LogP contribution in [-0.4, -0.2) is 16.8 Å². The number of fused-ring (bicyclic) bond motifs is 1. The summed E-state index contributed by atoms with van der Waals surface area (Å²) in [7, 11) is 2.75. The van der Waals surface area contributed by atoms with Gasteiger partial charge < -0.3 is 4.57 Å². The highest BCUT2D eigenvalue weighted by molar-refractivity contribution is 6.55. The summed E-state index contributed by atoms with van der Waals surface area (Å²) in [5, 5.41) is 11.7. The average molecular weight is 202 g/mol. The summed E-state index contributed by atoms with van der Waals surface area (Å²) in [5.74, 6) is 0. The van der Waals surface area contributed by atoms with E-state index < -0.39 is 0 Å². The molecule has 2 aromatic rings. The van der Waals surface area contributed by atoms with Crippen LogP contribution < -0.4 is 5.46 Å². The molecule has 0 bridgehead atoms. The molecule has 0 saturated heterocycles. The van der Waals surface area contributed by atoms with Gasteiger partial charge in [0.05, 0.1) is 4.92 Å². The predicted molar refractivity (Wildman–Crippen MR) is 62.2 cm³/mol. The quantitative estimate of drug-likeness (QED) is 0.417. The molecule has 0 radical (unpaired) electrons. The van der Waals surface area contributed by atoms with Crippen LogP contribution in [0.4, 0.5) is 5.69 Å². The maximum atomic E-state index is 10.7. The van der Waals surface area contributed by atoms with E-state index in [4.69, 9.17) is 0 Å². The summed E-state index contributed by atoms with van der Waals surface area (Å²) in [5.41, 5.74) is 2.28. The first-order valence-corrected chi connectivity index (χ1v) is 4.86. The fraction of sp³-hybridized carbons (Fsp3) is 0.200. The fourth-order valence-corrected chi connectivity index (χ4v) is 1.90. The highest BCUT2D eigenvalue weighted by Gasteiger charge is 2.12. The van der Waals surface area contributed by atoms with Gasteiger partial charge >= 0.3 is 0 Å². The molecule has 15 heavy (non-hydrogen) atoms. The lowest BCUT2D eigenvalue weighted by atomic mass is 9.72. The molecule has 76 valence electrons. The number of aryl methyl sites for hydroxylation is 1. The summed E-state index contributed by atoms with van der Waals surface area (Å²) in [6.07, 6.45) is 1.92. The van der Waals surface area contributed by atoms with E-state index in [-0.39, 0.29) is 10.6 Å². The smallest absolute Gasteiger partial charge is 0.269 e. The van der Waals surface area contributed by atoms with Crippen molar-refractivity contribution >= 4 is 29.3 Å². The molecule has 0 saturated carbocycles. The number of nitro groups is 1. The zero-order chi connectivity index (χ0) is 11.0. The second-order valence-corrected chi connectivity index (χ2v) is 3.58. The second-order valence-electron chi connectivity index (χ2n) is 3.58. The van der Waals surface area contributed by atoms with E-state index in [2.05, 4.69) is 0 Å². The van der Waals surface area contributed by atoms with Crippen molar-refractivity contribution < 1.29 is 4.92 Å². The maximum absolute atomic E-state index is 10.7. The molecule has 0 aliphatic carbocycles. The molecule has 0 amide bonds. The first-order valence-electron chi connectivity index (χ1n) is 4.86. The Hall–Kier alpha value is -1.78. The molecule has 0 aliphatic heterocycles. The zero-order valence-electron chi connectivity index (χ0n) is 8.73. The van der Waals surface area contributed by atoms with E-state index in [1.54, 1.807) is 12.1 Å². The standard InChI is InChI=1S/C10H11BN2O2/c1-11-9-6-8(13(14)15)5-7-3-4-12(2)10(7)9/h3-6,11H,1-2H3. The highest BCUT2D eigenvalue weighted by atomic mass is 16.6. The number of hydrogen-bond donors (Lipinski definition) is 0. The predicted octanol–water partition coefficient (Wildman–Crippen LogP) is 1.20. The monoisotopic (exact) mass is 202 g/mol. The van der Waals surface area contributed by atoms with Crippen molar-refractivity contribution in [3.05, 3.63) is 34.5 Å². The highest BCUT2D eigenvalue weighted by Crippen LogP contribution is 2.19. The molecule has 0 unspecified atom stereocenters. The van der Waals surface area contributed by atoms with Crippen molar-refractivity contribution in [2.24, 2.45) is 7.05 Å². The third kappa shape index (κ3) is 1.50. The average Bonchev–Trinajstić information content (AvgIpc) is 2.59. The van der Waals surface area contributed by atoms with Gasteiger partial charge in [0.1, 0.15) is 0 Å². The van der Waals surface area contributed by atoms with E-state index in [0.717, 1.165) is 23.6 Å². The minimum absolute atomic E-state index is 0.172. The fourth-order valence-electron chi connectivity index (χ4n) is 1.90. The third-order valence-corrected chi connectivity index (χ3v) is 2.63. The van der Waals surface area contributed by atoms with Crippen molar-refractivity contribution in [2.75, 3.05) is 0 Å². The largest absolute Gasteiger partial charge is 0.351 e. The summed E-state index contributed by atoms with van der Waals surface area (Å²) in [6, 6.07) is 5.18. The van der Waals surface area contributed by atoms with Gasteiger partial charge in [0.15, 0.2) is 7.28 Å². The van der Waals surface area contributed by atoms with E-state index in [1.165, 1.54) is 0 Å². The Kier molecular flexibility index (Phi) is 2.23. The Bertz CT molecular complexity index is 533. The summed E-state index contributed by atoms with van der Waals surface area (Å²) in [4.78, 5) is 10.4. The van der Waals surface area contributed by atoms with Gasteiger partial charge in [-0.15, -0.1) is 0 Å². The topological polar surface area (TPSA) is 48.1 Å². The van der Waals surface area contributed by atoms with E-state index in [1.807, 2.05) is 30.7 Å². The van der Waals surface area contributed by atoms with Crippen molar-refractivity contribution in [1.82, 2.24) is 4.57 Å². The first-order chi connectivity index (χ1) is 7.13. The number of aromatic nitrogens is 1. The molecule has 1 aromatic heterocycles. The molecule has 1 heterocycles. The van der Waals surface area contributed by atoms with Crippen molar-refractivity contribution in [3.8, 4) is 0 Å². The van der Waals surface area contributed by atoms with Crippen molar-refractivity contribution in [2.45, 2.75) is 6.82 Å². The van der Waals surface area contributed by atoms with Gasteiger partial charge in [-0.3, -0.25) is 10.1 Å². The van der Waals surface area contributed by atoms with Crippen LogP contribution in [0.1, 0.15) is 0 Å². The van der Waals surface area contributed by atoms with Gasteiger partial charge in [-0.25, -0.2) is 0 Å². The van der Waals surface area contributed by atoms with Crippen molar-refractivity contribution in [3.63, 3.8) is 0 Å². The van der Waals surface area contributed by atoms with Crippen LogP contribution >= 0.6 is 0 Å². The lowest BCUT2D eigenvalue weighted by molar-refractivity contribution is -0.384. The van der Waals surface area contributed by atoms with Gasteiger partial charge in [-0.1, -0.05) is 12.3 Å². The third-order valence-electron chi connectivity index (χ3n) is 2.63. The number of rotatable bonds is 2. The van der Waals surface area contributed by atoms with Crippen LogP contribution in [0, 0.1) is 10.1 Å². The zero-order valence-corrected chi connectivity index (χ0v) is 8.73. The van der Waals surface area contributed by atoms with Crippen molar-refractivity contribution in [1.29, 1.82) is 0 Å². The van der Waals surface area contributed by atoms with Crippen LogP contribution in [0.3, 0.4) is 0 Å². The molecule has 0 N–H and O–H groups in total. The lowest BCUT2D eigenvalue weighted by Gasteiger charge is -2.03. The SMILES string of the molecule is CBc1cc([N+](=O)[O-])cc2ccn(C)c12. The van der Waals surface area contributed by atoms with Crippen LogP contribution in [0.15, 0.2) is 24.4 Å². The van der Waals surface area contributed by atoms with E-state index in [9.17, 15) is 10.1 Å². The number of hydrogen-bond acceptors (Lipinski definition) is 2. The van der Waals surface area contributed by atoms with E-state index >= 15 is 0 Å². The minimum Gasteiger partial charge on any atom is -0.351 e. The summed E-state index contributed by atoms with van der Waals surface area (Å²) < 4.78 is 2.00. The van der Waals surface area contributed by atoms with E-state index in [0.29, 0.717) is 0 Å². The molecular weight excluding hydrogens is 191 g/mol. The van der Waals surface area contributed by atoms with Gasteiger partial charge in [0, 0.05) is 36.3 Å². The molecule has 5 heteroatoms. The van der Waals surface area contributed by atoms with Gasteiger partial charge in [0.25, 0.3) is 5.69 Å². The Labute approximate surface area is 87.9 Å². The van der Waals surface area contributed by atoms with Crippen LogP contribution in [-0.2, 0) is 7.05 Å². The minimum atomic E-state index is -0.342. The van der Waals surface area contributed by atoms with Gasteiger partial charge in [0.2, 0.25) is 0 Å². The molecule has 0 atom stereocenters. The Balaban J connectivity index is 2.79. The summed E-state index contributed by atoms with van der Waals surface area (Å²) in [6.45, 7) is 2.01. The van der Waals surface area contributed by atoms with Crippen LogP contribution in [0.25, 0.3) is 10.9 Å². The first kappa shape index (κ1) is 9.77. The number of nitro benzene ring substituents is 1. The Morgan fingerprint density at radius 2 is 2.20 bits per heavy atom. The molecule has 0 aliphatic rings. The lowest BCUT2D eigenvalue weighted by Crippen LogP contribution is -2.14. The Morgan fingerprint density at radius 3 is 2.80 bits per heavy atom. The number of benzene rings is 1. The van der Waals surface area contributed by atoms with Gasteiger partial charge in [-0.05, 0) is 6.07 Å². The van der Waals surface area contributed by atoms with Crippen LogP contribution in [0.2, 0.25) is 6.82 Å². The van der Waals surface area contributed by atoms with Crippen LogP contribution in [0.5, 0.6) is 0 Å². The molecule has 2 rings (SSSR count). The second kappa shape index (κ2) is 3.42. The molecular formula is C10H11BN2O2.